The highest BCUT2D eigenvalue weighted by atomic mass is 32.2. The lowest BCUT2D eigenvalue weighted by atomic mass is 11.5. The van der Waals surface area contributed by atoms with Crippen LogP contribution in [0, 0.1) is 0 Å². The smallest absolute Gasteiger partial charge is 0.147 e. The van der Waals surface area contributed by atoms with E-state index in [-0.39, 0.29) is 0 Å². The normalized spacial score (nSPS) is 7.50. The molecule has 0 fully saturated rings. The van der Waals surface area contributed by atoms with E-state index in [2.05, 4.69) is 17.0 Å². The zero-order chi connectivity index (χ0) is 4.83. The predicted octanol–water partition coefficient (Wildman–Crippen LogP) is 1.28. The van der Waals surface area contributed by atoms with Gasteiger partial charge in [0, 0.05) is 0 Å². The molecule has 0 aliphatic carbocycles. The van der Waals surface area contributed by atoms with E-state index in [1.165, 1.54) is 5.55 Å². The summed E-state index contributed by atoms with van der Waals surface area (Å²) in [4.78, 5) is 0. The third-order valence-corrected chi connectivity index (χ3v) is 0.762. The molecule has 0 radical (unpaired) electrons. The van der Waals surface area contributed by atoms with Gasteiger partial charge in [-0.3, -0.25) is 0 Å². The van der Waals surface area contributed by atoms with E-state index in [9.17, 15) is 0 Å². The van der Waals surface area contributed by atoms with Crippen LogP contribution in [0.4, 0.5) is 0 Å². The summed E-state index contributed by atoms with van der Waals surface area (Å²) in [5, 5.41) is 0. The summed E-state index contributed by atoms with van der Waals surface area (Å²) in [6, 6.07) is 0. The number of hydrogen-bond acceptors (Lipinski definition) is 3. The molecule has 0 rings (SSSR count). The molecule has 0 aliphatic rings. The monoisotopic (exact) mass is 122 g/mol. The Morgan fingerprint density at radius 3 is 2.83 bits per heavy atom. The predicted molar refractivity (Wildman–Crippen MR) is 33.1 cm³/mol. The first kappa shape index (κ1) is 6.24. The minimum Gasteiger partial charge on any atom is -0.479 e. The number of hydrogen-bond donors (Lipinski definition) is 0. The molecular formula is C3H6OS2. The number of thioether (sulfide) groups is 1. The van der Waals surface area contributed by atoms with Crippen molar-refractivity contribution in [1.29, 1.82) is 0 Å². The van der Waals surface area contributed by atoms with Crippen LogP contribution in [0.2, 0.25) is 0 Å². The molecular weight excluding hydrogens is 116 g/mol. The van der Waals surface area contributed by atoms with Crippen LogP contribution in [-0.2, 0) is 4.74 Å². The third-order valence-electron chi connectivity index (χ3n) is 0.254. The average molecular weight is 122 g/mol. The Labute approximate surface area is 47.1 Å². The fraction of sp³-hybridized carbons (Fsp3) is 0.667. The van der Waals surface area contributed by atoms with E-state index < -0.39 is 0 Å². The Kier molecular flexibility index (Phi) is 5.45. The van der Waals surface area contributed by atoms with Crippen LogP contribution >= 0.6 is 24.0 Å². The summed E-state index contributed by atoms with van der Waals surface area (Å²) in [5.74, 6) is 0.670. The maximum Gasteiger partial charge on any atom is 0.147 e. The first-order chi connectivity index (χ1) is 2.91. The highest BCUT2D eigenvalue weighted by Gasteiger charge is 1.69. The minimum atomic E-state index is 0.670. The zero-order valence-corrected chi connectivity index (χ0v) is 5.14. The van der Waals surface area contributed by atoms with Crippen LogP contribution in [0.5, 0.6) is 0 Å². The molecule has 0 heterocycles. The molecule has 0 saturated carbocycles. The molecule has 0 aromatic carbocycles. The van der Waals surface area contributed by atoms with Gasteiger partial charge in [0.25, 0.3) is 0 Å². The Morgan fingerprint density at radius 2 is 2.67 bits per heavy atom. The Balaban J connectivity index is 2.49. The van der Waals surface area contributed by atoms with E-state index in [0.717, 1.165) is 0 Å². The largest absolute Gasteiger partial charge is 0.479 e. The Hall–Kier alpha value is 0.240. The van der Waals surface area contributed by atoms with Gasteiger partial charge < -0.3 is 4.74 Å². The second kappa shape index (κ2) is 5.24. The van der Waals surface area contributed by atoms with Crippen LogP contribution in [-0.4, -0.2) is 17.7 Å². The molecule has 0 N–H and O–H groups in total. The third kappa shape index (κ3) is 4.24. The quantitative estimate of drug-likeness (QED) is 0.317. The lowest BCUT2D eigenvalue weighted by molar-refractivity contribution is 0.409. The highest BCUT2D eigenvalue weighted by Crippen LogP contribution is 1.88. The Morgan fingerprint density at radius 1 is 2.00 bits per heavy atom. The van der Waals surface area contributed by atoms with Crippen molar-refractivity contribution in [2.24, 2.45) is 0 Å². The van der Waals surface area contributed by atoms with Crippen LogP contribution in [0.25, 0.3) is 0 Å². The van der Waals surface area contributed by atoms with E-state index in [1.807, 2.05) is 6.26 Å². The zero-order valence-electron chi connectivity index (χ0n) is 3.51. The van der Waals surface area contributed by atoms with Gasteiger partial charge in [0.1, 0.15) is 11.5 Å². The summed E-state index contributed by atoms with van der Waals surface area (Å²) in [5.41, 5.74) is 1.27. The van der Waals surface area contributed by atoms with Crippen LogP contribution < -0.4 is 0 Å². The molecule has 0 aromatic heterocycles. The van der Waals surface area contributed by atoms with Gasteiger partial charge in [-0.05, 0) is 18.5 Å². The molecule has 0 amide bonds. The number of thiocarbonyl (C=S) groups is 1. The van der Waals surface area contributed by atoms with E-state index in [0.29, 0.717) is 5.94 Å². The van der Waals surface area contributed by atoms with Gasteiger partial charge in [-0.15, -0.1) is 11.8 Å². The standard InChI is InChI=1S/C3H6OS2/c1-6-3-4-2-5/h2H,3H2,1H3. The van der Waals surface area contributed by atoms with Crippen LogP contribution in [0.1, 0.15) is 0 Å². The molecule has 0 spiro atoms. The summed E-state index contributed by atoms with van der Waals surface area (Å²) < 4.78 is 4.64. The fourth-order valence-corrected chi connectivity index (χ4v) is 0.454. The molecule has 6 heavy (non-hydrogen) atoms. The van der Waals surface area contributed by atoms with Gasteiger partial charge in [0.2, 0.25) is 0 Å². The fourth-order valence-electron chi connectivity index (χ4n) is 0.0958. The molecule has 3 heteroatoms. The van der Waals surface area contributed by atoms with Crippen molar-refractivity contribution in [2.45, 2.75) is 0 Å². The first-order valence-electron chi connectivity index (χ1n) is 1.46. The van der Waals surface area contributed by atoms with Crippen LogP contribution in [0.3, 0.4) is 0 Å². The second-order valence-electron chi connectivity index (χ2n) is 0.669. The number of ether oxygens (including phenoxy) is 1. The van der Waals surface area contributed by atoms with Crippen molar-refractivity contribution in [2.75, 3.05) is 12.2 Å². The maximum atomic E-state index is 4.64. The minimum absolute atomic E-state index is 0.670. The van der Waals surface area contributed by atoms with Gasteiger partial charge in [-0.2, -0.15) is 0 Å². The van der Waals surface area contributed by atoms with E-state index >= 15 is 0 Å². The summed E-state index contributed by atoms with van der Waals surface area (Å²) in [6.07, 6.45) is 1.96. The van der Waals surface area contributed by atoms with Crippen molar-refractivity contribution < 1.29 is 4.74 Å². The van der Waals surface area contributed by atoms with E-state index in [1.54, 1.807) is 11.8 Å². The second-order valence-corrected chi connectivity index (χ2v) is 1.67. The molecule has 0 bridgehead atoms. The van der Waals surface area contributed by atoms with Gasteiger partial charge >= 0.3 is 0 Å². The Bertz CT molecular complexity index is 37.8. The average Bonchev–Trinajstić information content (AvgIpc) is 1.61. The molecule has 36 valence electrons. The summed E-state index contributed by atoms with van der Waals surface area (Å²) in [7, 11) is 0. The van der Waals surface area contributed by atoms with Gasteiger partial charge in [-0.1, -0.05) is 0 Å². The van der Waals surface area contributed by atoms with Crippen molar-refractivity contribution in [1.82, 2.24) is 0 Å². The topological polar surface area (TPSA) is 9.23 Å². The molecule has 0 aromatic rings. The van der Waals surface area contributed by atoms with Crippen molar-refractivity contribution in [3.63, 3.8) is 0 Å². The van der Waals surface area contributed by atoms with Crippen molar-refractivity contribution in [3.8, 4) is 0 Å². The van der Waals surface area contributed by atoms with Crippen molar-refractivity contribution in [3.05, 3.63) is 0 Å². The van der Waals surface area contributed by atoms with Crippen LogP contribution in [0.15, 0.2) is 0 Å². The highest BCUT2D eigenvalue weighted by molar-refractivity contribution is 7.98. The summed E-state index contributed by atoms with van der Waals surface area (Å²) >= 11 is 5.96. The molecule has 1 nitrogen and oxygen atoms in total. The molecule has 0 aliphatic heterocycles. The maximum absolute atomic E-state index is 4.64. The lowest BCUT2D eigenvalue weighted by Crippen LogP contribution is -1.79. The van der Waals surface area contributed by atoms with Gasteiger partial charge in [-0.25, -0.2) is 0 Å². The first-order valence-corrected chi connectivity index (χ1v) is 3.32. The number of rotatable bonds is 3. The molecule has 0 unspecified atom stereocenters. The lowest BCUT2D eigenvalue weighted by Gasteiger charge is -1.88. The van der Waals surface area contributed by atoms with Gasteiger partial charge in [0.15, 0.2) is 0 Å². The SMILES string of the molecule is CSCOC=S. The molecule has 0 atom stereocenters. The van der Waals surface area contributed by atoms with Gasteiger partial charge in [0.05, 0.1) is 0 Å². The van der Waals surface area contributed by atoms with Crippen molar-refractivity contribution >= 4 is 29.5 Å². The van der Waals surface area contributed by atoms with E-state index in [4.69, 9.17) is 0 Å². The summed E-state index contributed by atoms with van der Waals surface area (Å²) in [6.45, 7) is 0. The molecule has 0 saturated heterocycles.